The summed E-state index contributed by atoms with van der Waals surface area (Å²) in [5.41, 5.74) is 1.30. The van der Waals surface area contributed by atoms with Crippen LogP contribution in [0.15, 0.2) is 68.6 Å². The predicted octanol–water partition coefficient (Wildman–Crippen LogP) is 4.96. The van der Waals surface area contributed by atoms with Gasteiger partial charge in [0.05, 0.1) is 18.5 Å². The molecule has 0 bridgehead atoms. The first kappa shape index (κ1) is 22.0. The number of amidine groups is 1. The molecule has 0 spiro atoms. The van der Waals surface area contributed by atoms with Crippen LogP contribution in [0.25, 0.3) is 0 Å². The molecule has 4 rings (SSSR count). The molecule has 0 atom stereocenters. The van der Waals surface area contributed by atoms with E-state index in [1.807, 2.05) is 0 Å². The van der Waals surface area contributed by atoms with Crippen molar-refractivity contribution < 1.29 is 30.7 Å². The number of benzene rings is 2. The van der Waals surface area contributed by atoms with Gasteiger partial charge in [0.25, 0.3) is 10.0 Å². The van der Waals surface area contributed by atoms with Crippen molar-refractivity contribution in [3.8, 4) is 5.75 Å². The Morgan fingerprint density at radius 3 is 2.56 bits per heavy atom. The Morgan fingerprint density at radius 1 is 1.16 bits per heavy atom. The SMILES string of the molecule is N=C1c2ccoc2NCN1c1ccc(NS(=O)(=O)c2ccc(Br)cc2OC(F)(F)F)cc1. The van der Waals surface area contributed by atoms with E-state index in [9.17, 15) is 21.6 Å². The fourth-order valence-corrected chi connectivity index (χ4v) is 4.57. The second kappa shape index (κ2) is 8.06. The number of fused-ring (bicyclic) bond motifs is 1. The van der Waals surface area contributed by atoms with Gasteiger partial charge in [-0.2, -0.15) is 0 Å². The van der Waals surface area contributed by atoms with Crippen LogP contribution < -0.4 is 19.7 Å². The van der Waals surface area contributed by atoms with Crippen LogP contribution in [0.1, 0.15) is 5.56 Å². The van der Waals surface area contributed by atoms with Gasteiger partial charge >= 0.3 is 6.36 Å². The van der Waals surface area contributed by atoms with Crippen LogP contribution in [0.5, 0.6) is 5.75 Å². The van der Waals surface area contributed by atoms with E-state index in [-0.39, 0.29) is 22.7 Å². The number of halogens is 4. The maximum atomic E-state index is 12.7. The first-order chi connectivity index (χ1) is 15.0. The lowest BCUT2D eigenvalue weighted by molar-refractivity contribution is -0.275. The number of ether oxygens (including phenoxy) is 1. The standard InChI is InChI=1S/C19H14BrF3N4O4S/c20-11-1-6-16(15(9-11)31-19(21,22)23)32(28,29)26-12-2-4-13(5-3-12)27-10-25-18-14(17(27)24)7-8-30-18/h1-9,24-26H,10H2. The molecule has 3 N–H and O–H groups in total. The van der Waals surface area contributed by atoms with Gasteiger partial charge in [0.1, 0.15) is 10.7 Å². The fourth-order valence-electron chi connectivity index (χ4n) is 3.06. The van der Waals surface area contributed by atoms with Crippen molar-refractivity contribution in [2.24, 2.45) is 0 Å². The van der Waals surface area contributed by atoms with Crippen LogP contribution in [0.4, 0.5) is 30.4 Å². The Labute approximate surface area is 188 Å². The number of sulfonamides is 1. The third-order valence-corrected chi connectivity index (χ3v) is 6.35. The quantitative estimate of drug-likeness (QED) is 0.430. The van der Waals surface area contributed by atoms with Crippen molar-refractivity contribution in [1.82, 2.24) is 0 Å². The van der Waals surface area contributed by atoms with E-state index in [4.69, 9.17) is 9.83 Å². The Morgan fingerprint density at radius 2 is 1.88 bits per heavy atom. The molecule has 1 aliphatic heterocycles. The van der Waals surface area contributed by atoms with Gasteiger partial charge in [0.15, 0.2) is 5.75 Å². The number of nitrogens with zero attached hydrogens (tertiary/aromatic N) is 1. The summed E-state index contributed by atoms with van der Waals surface area (Å²) in [5.74, 6) is -0.175. The molecule has 3 aromatic rings. The molecule has 1 aliphatic rings. The number of nitrogens with one attached hydrogen (secondary N) is 3. The Bertz CT molecular complexity index is 1280. The molecule has 168 valence electrons. The van der Waals surface area contributed by atoms with Crippen LogP contribution in [0.3, 0.4) is 0 Å². The van der Waals surface area contributed by atoms with Crippen molar-refractivity contribution >= 4 is 49.0 Å². The summed E-state index contributed by atoms with van der Waals surface area (Å²) in [6.45, 7) is 0.265. The monoisotopic (exact) mass is 530 g/mol. The number of rotatable bonds is 5. The van der Waals surface area contributed by atoms with Crippen molar-refractivity contribution in [2.45, 2.75) is 11.3 Å². The summed E-state index contributed by atoms with van der Waals surface area (Å²) < 4.78 is 75.1. The molecule has 32 heavy (non-hydrogen) atoms. The van der Waals surface area contributed by atoms with Gasteiger partial charge in [0, 0.05) is 15.8 Å². The highest BCUT2D eigenvalue weighted by molar-refractivity contribution is 9.10. The first-order valence-electron chi connectivity index (χ1n) is 8.89. The van der Waals surface area contributed by atoms with E-state index < -0.39 is 27.0 Å². The van der Waals surface area contributed by atoms with Crippen molar-refractivity contribution in [3.63, 3.8) is 0 Å². The third kappa shape index (κ3) is 4.53. The molecule has 2 heterocycles. The molecule has 0 unspecified atom stereocenters. The minimum absolute atomic E-state index is 0.120. The fraction of sp³-hybridized carbons (Fsp3) is 0.105. The summed E-state index contributed by atoms with van der Waals surface area (Å²) in [5, 5.41) is 11.3. The van der Waals surface area contributed by atoms with Gasteiger partial charge in [-0.3, -0.25) is 10.1 Å². The van der Waals surface area contributed by atoms with E-state index in [1.54, 1.807) is 23.1 Å². The third-order valence-electron chi connectivity index (χ3n) is 4.44. The summed E-state index contributed by atoms with van der Waals surface area (Å²) in [6.07, 6.45) is -3.60. The summed E-state index contributed by atoms with van der Waals surface area (Å²) in [7, 11) is -4.39. The highest BCUT2D eigenvalue weighted by atomic mass is 79.9. The molecule has 1 aromatic heterocycles. The van der Waals surface area contributed by atoms with Crippen molar-refractivity contribution in [1.29, 1.82) is 5.41 Å². The zero-order valence-corrected chi connectivity index (χ0v) is 18.3. The van der Waals surface area contributed by atoms with Gasteiger partial charge in [-0.1, -0.05) is 15.9 Å². The highest BCUT2D eigenvalue weighted by Crippen LogP contribution is 2.34. The average molecular weight is 531 g/mol. The highest BCUT2D eigenvalue weighted by Gasteiger charge is 2.34. The number of anilines is 3. The molecule has 0 saturated heterocycles. The maximum Gasteiger partial charge on any atom is 0.573 e. The summed E-state index contributed by atoms with van der Waals surface area (Å²) in [6, 6.07) is 10.9. The van der Waals surface area contributed by atoms with Crippen molar-refractivity contribution in [2.75, 3.05) is 21.6 Å². The lowest BCUT2D eigenvalue weighted by Gasteiger charge is -2.29. The molecule has 0 saturated carbocycles. The van der Waals surface area contributed by atoms with Crippen LogP contribution in [-0.2, 0) is 10.0 Å². The summed E-state index contributed by atoms with van der Waals surface area (Å²) >= 11 is 3.00. The van der Waals surface area contributed by atoms with Gasteiger partial charge in [-0.05, 0) is 48.5 Å². The minimum Gasteiger partial charge on any atom is -0.448 e. The van der Waals surface area contributed by atoms with E-state index in [0.29, 0.717) is 17.1 Å². The first-order valence-corrected chi connectivity index (χ1v) is 11.2. The molecule has 0 fully saturated rings. The molecular weight excluding hydrogens is 517 g/mol. The van der Waals surface area contributed by atoms with Crippen LogP contribution in [-0.4, -0.2) is 27.3 Å². The molecule has 8 nitrogen and oxygen atoms in total. The van der Waals surface area contributed by atoms with Crippen LogP contribution >= 0.6 is 15.9 Å². The molecule has 0 aliphatic carbocycles. The Hall–Kier alpha value is -3.19. The van der Waals surface area contributed by atoms with Gasteiger partial charge in [-0.25, -0.2) is 8.42 Å². The van der Waals surface area contributed by atoms with E-state index in [1.165, 1.54) is 24.5 Å². The second-order valence-electron chi connectivity index (χ2n) is 6.57. The number of alkyl halides is 3. The van der Waals surface area contributed by atoms with E-state index in [0.717, 1.165) is 12.1 Å². The summed E-state index contributed by atoms with van der Waals surface area (Å²) in [4.78, 5) is 0.969. The lowest BCUT2D eigenvalue weighted by atomic mass is 10.2. The number of furan rings is 1. The van der Waals surface area contributed by atoms with E-state index in [2.05, 4.69) is 30.7 Å². The predicted molar refractivity (Wildman–Crippen MR) is 115 cm³/mol. The topological polar surface area (TPSA) is 108 Å². The van der Waals surface area contributed by atoms with Gasteiger partial charge in [-0.15, -0.1) is 13.2 Å². The number of hydrogen-bond acceptors (Lipinski definition) is 6. The molecule has 0 amide bonds. The lowest BCUT2D eigenvalue weighted by Crippen LogP contribution is -2.39. The van der Waals surface area contributed by atoms with E-state index >= 15 is 0 Å². The maximum absolute atomic E-state index is 12.7. The van der Waals surface area contributed by atoms with Crippen molar-refractivity contribution in [3.05, 3.63) is 64.8 Å². The minimum atomic E-state index is -5.06. The number of hydrogen-bond donors (Lipinski definition) is 3. The van der Waals surface area contributed by atoms with Crippen LogP contribution in [0, 0.1) is 5.41 Å². The zero-order chi connectivity index (χ0) is 23.1. The second-order valence-corrected chi connectivity index (χ2v) is 9.13. The molecule has 2 aromatic carbocycles. The smallest absolute Gasteiger partial charge is 0.448 e. The Kier molecular flexibility index (Phi) is 5.54. The average Bonchev–Trinajstić information content (AvgIpc) is 3.17. The normalized spacial score (nSPS) is 14.0. The zero-order valence-electron chi connectivity index (χ0n) is 15.9. The molecule has 13 heteroatoms. The van der Waals surface area contributed by atoms with Crippen LogP contribution in [0.2, 0.25) is 0 Å². The molecular formula is C19H14BrF3N4O4S. The Balaban J connectivity index is 1.56. The van der Waals surface area contributed by atoms with Gasteiger partial charge in [0.2, 0.25) is 5.88 Å². The van der Waals surface area contributed by atoms with Gasteiger partial charge < -0.3 is 19.4 Å². The molecule has 0 radical (unpaired) electrons. The largest absolute Gasteiger partial charge is 0.573 e.